The lowest BCUT2D eigenvalue weighted by atomic mass is 9.99. The van der Waals surface area contributed by atoms with E-state index < -0.39 is 18.4 Å². The Morgan fingerprint density at radius 1 is 1.37 bits per heavy atom. The lowest BCUT2D eigenvalue weighted by Gasteiger charge is -2.34. The van der Waals surface area contributed by atoms with Crippen LogP contribution in [-0.2, 0) is 14.3 Å². The van der Waals surface area contributed by atoms with Gasteiger partial charge in [-0.2, -0.15) is 13.2 Å². The van der Waals surface area contributed by atoms with E-state index in [1.54, 1.807) is 13.0 Å². The number of hydrogen-bond acceptors (Lipinski definition) is 8. The van der Waals surface area contributed by atoms with E-state index in [9.17, 15) is 27.9 Å². The fraction of sp³-hybridized carbons (Fsp3) is 0.474. The summed E-state index contributed by atoms with van der Waals surface area (Å²) in [5.41, 5.74) is 0.918. The Balaban J connectivity index is 1.74. The average molecular weight is 431 g/mol. The molecule has 1 saturated heterocycles. The van der Waals surface area contributed by atoms with Crippen molar-refractivity contribution in [1.82, 2.24) is 4.90 Å². The van der Waals surface area contributed by atoms with Crippen LogP contribution in [0.5, 0.6) is 11.5 Å². The van der Waals surface area contributed by atoms with Gasteiger partial charge in [-0.15, -0.1) is 0 Å². The van der Waals surface area contributed by atoms with Crippen molar-refractivity contribution in [3.8, 4) is 11.5 Å². The van der Waals surface area contributed by atoms with E-state index in [0.717, 1.165) is 0 Å². The number of esters is 1. The summed E-state index contributed by atoms with van der Waals surface area (Å²) in [7, 11) is 0. The Bertz CT molecular complexity index is 954. The molecule has 1 aromatic heterocycles. The fourth-order valence-corrected chi connectivity index (χ4v) is 3.31. The van der Waals surface area contributed by atoms with Crippen LogP contribution < -0.4 is 4.74 Å². The van der Waals surface area contributed by atoms with Crippen molar-refractivity contribution >= 4 is 22.7 Å². The van der Waals surface area contributed by atoms with Gasteiger partial charge in [-0.1, -0.05) is 0 Å². The first-order valence-electron chi connectivity index (χ1n) is 9.07. The van der Waals surface area contributed by atoms with Gasteiger partial charge < -0.3 is 23.7 Å². The number of nitrogens with zero attached hydrogens (tertiary/aromatic N) is 1. The van der Waals surface area contributed by atoms with Crippen molar-refractivity contribution in [2.75, 3.05) is 32.9 Å². The number of ether oxygens (including phenoxy) is 3. The maximum atomic E-state index is 12.5. The number of benzene rings is 1. The Morgan fingerprint density at radius 2 is 2.10 bits per heavy atom. The molecule has 1 unspecified atom stereocenters. The molecule has 1 fully saturated rings. The number of carbonyl (C=O) groups is 2. The second kappa shape index (κ2) is 8.52. The van der Waals surface area contributed by atoms with Crippen molar-refractivity contribution in [2.45, 2.75) is 26.3 Å². The van der Waals surface area contributed by atoms with Gasteiger partial charge in [-0.3, -0.25) is 9.69 Å². The number of ketones is 1. The SMILES string of the molecule is CC(=O)c1c(OCCN2CCOCC2OC(=O)C(F)(F)F)c(O)c2occc2c1C. The third kappa shape index (κ3) is 4.36. The molecule has 2 aromatic rings. The van der Waals surface area contributed by atoms with E-state index >= 15 is 0 Å². The number of aromatic hydroxyl groups is 1. The number of carbonyl (C=O) groups excluding carboxylic acids is 2. The Morgan fingerprint density at radius 3 is 2.77 bits per heavy atom. The number of phenolic OH excluding ortho intramolecular Hbond substituents is 1. The van der Waals surface area contributed by atoms with Crippen LogP contribution in [0.25, 0.3) is 11.0 Å². The van der Waals surface area contributed by atoms with Gasteiger partial charge in [0, 0.05) is 18.5 Å². The van der Waals surface area contributed by atoms with E-state index in [2.05, 4.69) is 4.74 Å². The second-order valence-electron chi connectivity index (χ2n) is 6.71. The minimum atomic E-state index is -5.11. The molecule has 0 saturated carbocycles. The van der Waals surface area contributed by atoms with Crippen LogP contribution in [0.1, 0.15) is 22.8 Å². The molecule has 0 aliphatic carbocycles. The molecular formula is C19H20F3NO7. The van der Waals surface area contributed by atoms with Crippen LogP contribution in [0, 0.1) is 6.92 Å². The number of hydrogen-bond donors (Lipinski definition) is 1. The van der Waals surface area contributed by atoms with Crippen molar-refractivity contribution in [3.63, 3.8) is 0 Å². The van der Waals surface area contributed by atoms with Crippen LogP contribution in [0.2, 0.25) is 0 Å². The van der Waals surface area contributed by atoms with Gasteiger partial charge in [0.1, 0.15) is 6.61 Å². The van der Waals surface area contributed by atoms with Crippen molar-refractivity contribution in [3.05, 3.63) is 23.5 Å². The Labute approximate surface area is 169 Å². The van der Waals surface area contributed by atoms with E-state index in [4.69, 9.17) is 13.9 Å². The number of rotatable bonds is 6. The number of phenols is 1. The highest BCUT2D eigenvalue weighted by Gasteiger charge is 2.43. The third-order valence-corrected chi connectivity index (χ3v) is 4.74. The van der Waals surface area contributed by atoms with Crippen molar-refractivity contribution < 1.29 is 46.5 Å². The summed E-state index contributed by atoms with van der Waals surface area (Å²) >= 11 is 0. The second-order valence-corrected chi connectivity index (χ2v) is 6.71. The quantitative estimate of drug-likeness (QED) is 0.551. The highest BCUT2D eigenvalue weighted by Crippen LogP contribution is 2.41. The number of furan rings is 1. The van der Waals surface area contributed by atoms with Crippen LogP contribution in [-0.4, -0.2) is 67.1 Å². The molecule has 0 amide bonds. The zero-order valence-electron chi connectivity index (χ0n) is 16.2. The van der Waals surface area contributed by atoms with Gasteiger partial charge in [0.05, 0.1) is 25.0 Å². The topological polar surface area (TPSA) is 98.4 Å². The zero-order valence-corrected chi connectivity index (χ0v) is 16.2. The first-order chi connectivity index (χ1) is 14.1. The van der Waals surface area contributed by atoms with E-state index in [-0.39, 0.29) is 61.3 Å². The third-order valence-electron chi connectivity index (χ3n) is 4.74. The standard InChI is InChI=1S/C19H20F3NO7/c1-10-12-3-6-28-16(12)15(25)17(14(10)11(2)24)29-8-5-23-4-7-27-9-13(23)30-18(26)19(20,21)22/h3,6,13,25H,4-5,7-9H2,1-2H3. The first-order valence-corrected chi connectivity index (χ1v) is 9.07. The van der Waals surface area contributed by atoms with E-state index in [1.807, 2.05) is 0 Å². The largest absolute Gasteiger partial charge is 0.502 e. The minimum absolute atomic E-state index is 0.0607. The molecule has 0 spiro atoms. The summed E-state index contributed by atoms with van der Waals surface area (Å²) in [6, 6.07) is 1.62. The monoisotopic (exact) mass is 431 g/mol. The first kappa shape index (κ1) is 21.9. The highest BCUT2D eigenvalue weighted by atomic mass is 19.4. The molecule has 164 valence electrons. The predicted octanol–water partition coefficient (Wildman–Crippen LogP) is 2.79. The lowest BCUT2D eigenvalue weighted by Crippen LogP contribution is -2.50. The molecule has 0 radical (unpaired) electrons. The molecule has 30 heavy (non-hydrogen) atoms. The van der Waals surface area contributed by atoms with Crippen LogP contribution in [0.15, 0.2) is 16.7 Å². The van der Waals surface area contributed by atoms with Crippen molar-refractivity contribution in [1.29, 1.82) is 0 Å². The van der Waals surface area contributed by atoms with Crippen molar-refractivity contribution in [2.24, 2.45) is 0 Å². The van der Waals surface area contributed by atoms with Gasteiger partial charge in [-0.05, 0) is 25.5 Å². The summed E-state index contributed by atoms with van der Waals surface area (Å²) < 4.78 is 57.9. The molecular weight excluding hydrogens is 411 g/mol. The number of halogens is 3. The van der Waals surface area contributed by atoms with Gasteiger partial charge in [-0.25, -0.2) is 4.79 Å². The maximum Gasteiger partial charge on any atom is 0.490 e. The summed E-state index contributed by atoms with van der Waals surface area (Å²) in [6.07, 6.45) is -4.97. The molecule has 8 nitrogen and oxygen atoms in total. The lowest BCUT2D eigenvalue weighted by molar-refractivity contribution is -0.222. The summed E-state index contributed by atoms with van der Waals surface area (Å²) in [6.45, 7) is 3.21. The molecule has 2 heterocycles. The molecule has 1 aliphatic rings. The van der Waals surface area contributed by atoms with E-state index in [1.165, 1.54) is 18.1 Å². The molecule has 0 bridgehead atoms. The zero-order chi connectivity index (χ0) is 22.1. The molecule has 3 rings (SSSR count). The Hall–Kier alpha value is -2.79. The molecule has 1 atom stereocenters. The Kier molecular flexibility index (Phi) is 6.22. The number of Topliss-reactive ketones (excluding diaryl/α,β-unsaturated/α-hetero) is 1. The van der Waals surface area contributed by atoms with Crippen LogP contribution >= 0.6 is 0 Å². The van der Waals surface area contributed by atoms with Gasteiger partial charge in [0.25, 0.3) is 0 Å². The number of aryl methyl sites for hydroxylation is 1. The number of fused-ring (bicyclic) bond motifs is 1. The van der Waals surface area contributed by atoms with Crippen LogP contribution in [0.4, 0.5) is 13.2 Å². The molecule has 1 aromatic carbocycles. The molecule has 11 heteroatoms. The molecule has 1 N–H and O–H groups in total. The summed E-state index contributed by atoms with van der Waals surface area (Å²) in [5, 5.41) is 11.1. The molecule has 1 aliphatic heterocycles. The smallest absolute Gasteiger partial charge is 0.490 e. The number of morpholine rings is 1. The normalized spacial score (nSPS) is 17.8. The number of alkyl halides is 3. The van der Waals surface area contributed by atoms with Gasteiger partial charge in [0.2, 0.25) is 5.75 Å². The summed E-state index contributed by atoms with van der Waals surface area (Å²) in [5.74, 6) is -3.05. The minimum Gasteiger partial charge on any atom is -0.502 e. The highest BCUT2D eigenvalue weighted by molar-refractivity contribution is 6.05. The average Bonchev–Trinajstić information content (AvgIpc) is 3.16. The fourth-order valence-electron chi connectivity index (χ4n) is 3.31. The van der Waals surface area contributed by atoms with Crippen LogP contribution in [0.3, 0.4) is 0 Å². The van der Waals surface area contributed by atoms with Gasteiger partial charge in [0.15, 0.2) is 23.3 Å². The predicted molar refractivity (Wildman–Crippen MR) is 96.4 cm³/mol. The maximum absolute atomic E-state index is 12.5. The van der Waals surface area contributed by atoms with Gasteiger partial charge >= 0.3 is 12.1 Å². The summed E-state index contributed by atoms with van der Waals surface area (Å²) in [4.78, 5) is 24.7. The van der Waals surface area contributed by atoms with E-state index in [0.29, 0.717) is 10.9 Å².